The fourth-order valence-corrected chi connectivity index (χ4v) is 5.20. The van der Waals surface area contributed by atoms with Gasteiger partial charge in [-0.2, -0.15) is 0 Å². The molecule has 0 saturated heterocycles. The van der Waals surface area contributed by atoms with Crippen LogP contribution in [0.1, 0.15) is 37.8 Å². The topological polar surface area (TPSA) is 150 Å². The minimum atomic E-state index is -0.548. The Balaban J connectivity index is 1.34. The molecule has 0 spiro atoms. The molecule has 0 aliphatic heterocycles. The molecule has 0 unspecified atom stereocenters. The number of esters is 1. The first-order chi connectivity index (χ1) is 25.7. The molecular formula is C39H56N2O12. The predicted molar refractivity (Wildman–Crippen MR) is 197 cm³/mol. The van der Waals surface area contributed by atoms with E-state index < -0.39 is 23.8 Å². The average molecular weight is 745 g/mol. The molecule has 14 heteroatoms. The van der Waals surface area contributed by atoms with Crippen LogP contribution in [0.5, 0.6) is 0 Å². The number of hydrogen-bond acceptors (Lipinski definition) is 12. The summed E-state index contributed by atoms with van der Waals surface area (Å²) in [7, 11) is 0. The first-order valence-electron chi connectivity index (χ1n) is 18.0. The summed E-state index contributed by atoms with van der Waals surface area (Å²) in [6.07, 6.45) is 0.557. The van der Waals surface area contributed by atoms with E-state index in [1.807, 2.05) is 24.3 Å². The first-order valence-corrected chi connectivity index (χ1v) is 18.0. The van der Waals surface area contributed by atoms with Gasteiger partial charge in [0.25, 0.3) is 0 Å². The van der Waals surface area contributed by atoms with Gasteiger partial charge in [-0.05, 0) is 43.0 Å². The summed E-state index contributed by atoms with van der Waals surface area (Å²) in [5.74, 6) is -0.514. The number of ether oxygens (including phenoxy) is 9. The molecule has 3 rings (SSSR count). The SMILES string of the molecule is C=CCOC(=O)COCCOCCOCCN(CCOCCOCCOCCNC(=O)OC(C)(C)C)C(=O)OCC1c2ccccc2-c2ccccc21. The Hall–Kier alpha value is -4.05. The van der Waals surface area contributed by atoms with Gasteiger partial charge in [0.15, 0.2) is 0 Å². The molecule has 0 radical (unpaired) electrons. The number of nitrogens with one attached hydrogen (secondary N) is 1. The van der Waals surface area contributed by atoms with Crippen molar-refractivity contribution in [1.82, 2.24) is 10.2 Å². The van der Waals surface area contributed by atoms with Crippen LogP contribution in [0, 0.1) is 0 Å². The second-order valence-corrected chi connectivity index (χ2v) is 12.8. The fourth-order valence-electron chi connectivity index (χ4n) is 5.20. The van der Waals surface area contributed by atoms with Crippen LogP contribution in [-0.4, -0.2) is 141 Å². The zero-order valence-electron chi connectivity index (χ0n) is 31.3. The van der Waals surface area contributed by atoms with Crippen molar-refractivity contribution >= 4 is 18.2 Å². The van der Waals surface area contributed by atoms with Crippen molar-refractivity contribution in [2.24, 2.45) is 0 Å². The van der Waals surface area contributed by atoms with Crippen LogP contribution < -0.4 is 5.32 Å². The Bertz CT molecular complexity index is 1340. The Kier molecular flexibility index (Phi) is 20.5. The van der Waals surface area contributed by atoms with Gasteiger partial charge in [0.1, 0.15) is 25.4 Å². The molecule has 1 N–H and O–H groups in total. The Morgan fingerprint density at radius 2 is 1.19 bits per heavy atom. The number of benzene rings is 2. The molecule has 53 heavy (non-hydrogen) atoms. The number of alkyl carbamates (subject to hydrolysis) is 1. The number of hydrogen-bond donors (Lipinski definition) is 1. The second kappa shape index (κ2) is 25.1. The van der Waals surface area contributed by atoms with E-state index in [0.717, 1.165) is 22.3 Å². The maximum Gasteiger partial charge on any atom is 0.409 e. The van der Waals surface area contributed by atoms with Crippen molar-refractivity contribution in [3.63, 3.8) is 0 Å². The third-order valence-corrected chi connectivity index (χ3v) is 7.59. The van der Waals surface area contributed by atoms with Gasteiger partial charge in [0, 0.05) is 25.6 Å². The monoisotopic (exact) mass is 744 g/mol. The van der Waals surface area contributed by atoms with Crippen LogP contribution in [0.3, 0.4) is 0 Å². The number of carbonyl (C=O) groups excluding carboxylic acids is 3. The van der Waals surface area contributed by atoms with E-state index in [-0.39, 0.29) is 45.6 Å². The van der Waals surface area contributed by atoms with E-state index in [4.69, 9.17) is 42.6 Å². The molecule has 1 aliphatic rings. The highest BCUT2D eigenvalue weighted by Crippen LogP contribution is 2.44. The van der Waals surface area contributed by atoms with E-state index in [9.17, 15) is 14.4 Å². The van der Waals surface area contributed by atoms with Gasteiger partial charge < -0.3 is 52.8 Å². The van der Waals surface area contributed by atoms with Gasteiger partial charge in [0.2, 0.25) is 0 Å². The smallest absolute Gasteiger partial charge is 0.409 e. The van der Waals surface area contributed by atoms with Crippen LogP contribution in [0.4, 0.5) is 9.59 Å². The largest absolute Gasteiger partial charge is 0.460 e. The zero-order valence-corrected chi connectivity index (χ0v) is 31.3. The number of carbonyl (C=O) groups is 3. The molecule has 2 aromatic carbocycles. The molecule has 0 bridgehead atoms. The second-order valence-electron chi connectivity index (χ2n) is 12.8. The summed E-state index contributed by atoms with van der Waals surface area (Å²) < 4.78 is 49.1. The highest BCUT2D eigenvalue weighted by molar-refractivity contribution is 5.79. The molecule has 0 heterocycles. The van der Waals surface area contributed by atoms with Gasteiger partial charge in [-0.3, -0.25) is 0 Å². The van der Waals surface area contributed by atoms with Crippen molar-refractivity contribution < 1.29 is 57.0 Å². The molecule has 294 valence electrons. The van der Waals surface area contributed by atoms with Gasteiger partial charge >= 0.3 is 18.2 Å². The normalized spacial score (nSPS) is 12.1. The highest BCUT2D eigenvalue weighted by Gasteiger charge is 2.29. The summed E-state index contributed by atoms with van der Waals surface area (Å²) in [4.78, 5) is 38.0. The molecule has 2 amide bonds. The molecule has 14 nitrogen and oxygen atoms in total. The Morgan fingerprint density at radius 3 is 1.72 bits per heavy atom. The van der Waals surface area contributed by atoms with E-state index >= 15 is 0 Å². The first kappa shape index (κ1) is 43.4. The lowest BCUT2D eigenvalue weighted by Gasteiger charge is -2.23. The van der Waals surface area contributed by atoms with Crippen LogP contribution >= 0.6 is 0 Å². The maximum absolute atomic E-state index is 13.4. The van der Waals surface area contributed by atoms with Gasteiger partial charge in [-0.25, -0.2) is 14.4 Å². The molecule has 1 aliphatic carbocycles. The quantitative estimate of drug-likeness (QED) is 0.0590. The Morgan fingerprint density at radius 1 is 0.698 bits per heavy atom. The van der Waals surface area contributed by atoms with Gasteiger partial charge in [0.05, 0.1) is 72.7 Å². The fraction of sp³-hybridized carbons (Fsp3) is 0.564. The van der Waals surface area contributed by atoms with Crippen molar-refractivity contribution in [2.45, 2.75) is 32.3 Å². The summed E-state index contributed by atoms with van der Waals surface area (Å²) in [5, 5.41) is 2.63. The minimum absolute atomic E-state index is 0.0537. The average Bonchev–Trinajstić information content (AvgIpc) is 3.45. The summed E-state index contributed by atoms with van der Waals surface area (Å²) >= 11 is 0. The molecule has 0 saturated carbocycles. The van der Waals surface area contributed by atoms with Gasteiger partial charge in [-0.1, -0.05) is 61.2 Å². The number of fused-ring (bicyclic) bond motifs is 3. The molecule has 0 atom stereocenters. The third kappa shape index (κ3) is 17.6. The van der Waals surface area contributed by atoms with Crippen molar-refractivity contribution in [3.8, 4) is 11.1 Å². The Labute approximate surface area is 312 Å². The molecule has 0 fully saturated rings. The summed E-state index contributed by atoms with van der Waals surface area (Å²) in [6, 6.07) is 16.4. The lowest BCUT2D eigenvalue weighted by atomic mass is 9.98. The molecular weight excluding hydrogens is 688 g/mol. The van der Waals surface area contributed by atoms with Crippen LogP contribution in [0.15, 0.2) is 61.2 Å². The maximum atomic E-state index is 13.4. The highest BCUT2D eigenvalue weighted by atomic mass is 16.6. The van der Waals surface area contributed by atoms with Gasteiger partial charge in [-0.15, -0.1) is 0 Å². The van der Waals surface area contributed by atoms with E-state index in [1.54, 1.807) is 25.7 Å². The van der Waals surface area contributed by atoms with Crippen LogP contribution in [0.25, 0.3) is 11.1 Å². The van der Waals surface area contributed by atoms with Crippen molar-refractivity contribution in [1.29, 1.82) is 0 Å². The summed E-state index contributed by atoms with van der Waals surface area (Å²) in [5.41, 5.74) is 4.05. The van der Waals surface area contributed by atoms with Crippen LogP contribution in [0.2, 0.25) is 0 Å². The van der Waals surface area contributed by atoms with Crippen molar-refractivity contribution in [3.05, 3.63) is 72.3 Å². The lowest BCUT2D eigenvalue weighted by Crippen LogP contribution is -2.38. The zero-order chi connectivity index (χ0) is 38.2. The number of amides is 2. The third-order valence-electron chi connectivity index (χ3n) is 7.59. The minimum Gasteiger partial charge on any atom is -0.460 e. The lowest BCUT2D eigenvalue weighted by molar-refractivity contribution is -0.148. The summed E-state index contributed by atoms with van der Waals surface area (Å²) in [6.45, 7) is 13.6. The number of nitrogens with zero attached hydrogens (tertiary/aromatic N) is 1. The molecule has 0 aromatic heterocycles. The van der Waals surface area contributed by atoms with E-state index in [0.29, 0.717) is 72.5 Å². The van der Waals surface area contributed by atoms with Crippen LogP contribution in [-0.2, 0) is 47.4 Å². The van der Waals surface area contributed by atoms with E-state index in [2.05, 4.69) is 36.2 Å². The molecule has 2 aromatic rings. The van der Waals surface area contributed by atoms with E-state index in [1.165, 1.54) is 6.08 Å². The van der Waals surface area contributed by atoms with Crippen molar-refractivity contribution in [2.75, 3.05) is 112 Å². The predicted octanol–water partition coefficient (Wildman–Crippen LogP) is 4.59. The number of rotatable bonds is 27. The standard InChI is InChI=1S/C39H56N2O12/c1-5-17-51-36(42)30-50-28-27-49-26-23-47-20-16-41(15-19-46-22-25-48-24-21-45-18-14-40-37(43)53-39(2,3)4)38(44)52-29-35-33-12-8-6-10-31(33)32-11-7-9-13-34(32)35/h5-13,35H,1,14-30H2,2-4H3,(H,40,43).